The normalized spacial score (nSPS) is 12.0. The smallest absolute Gasteiger partial charge is 0.273 e. The van der Waals surface area contributed by atoms with Gasteiger partial charge in [-0.3, -0.25) is 14.9 Å². The minimum absolute atomic E-state index is 0.125. The first-order valence-electron chi connectivity index (χ1n) is 6.58. The van der Waals surface area contributed by atoms with Gasteiger partial charge in [0.25, 0.3) is 11.6 Å². The molecule has 7 heteroatoms. The van der Waals surface area contributed by atoms with Gasteiger partial charge in [0.2, 0.25) is 0 Å². The number of non-ortho nitro benzene ring substituents is 1. The van der Waals surface area contributed by atoms with E-state index >= 15 is 0 Å². The van der Waals surface area contributed by atoms with Crippen molar-refractivity contribution in [2.24, 2.45) is 5.92 Å². The SMILES string of the molecule is COc1cc([N+](=O)[O-])ccc1C(=O)NC(CCl)CC(C)C. The van der Waals surface area contributed by atoms with E-state index in [1.54, 1.807) is 0 Å². The average Bonchev–Trinajstić information content (AvgIpc) is 2.44. The molecule has 116 valence electrons. The third kappa shape index (κ3) is 4.90. The van der Waals surface area contributed by atoms with Crippen LogP contribution in [0.15, 0.2) is 18.2 Å². The van der Waals surface area contributed by atoms with Crippen molar-refractivity contribution in [3.63, 3.8) is 0 Å². The Bertz CT molecular complexity index is 520. The lowest BCUT2D eigenvalue weighted by Crippen LogP contribution is -2.37. The van der Waals surface area contributed by atoms with Crippen LogP contribution in [0.2, 0.25) is 0 Å². The van der Waals surface area contributed by atoms with E-state index in [-0.39, 0.29) is 28.9 Å². The van der Waals surface area contributed by atoms with Crippen LogP contribution in [-0.2, 0) is 0 Å². The second-order valence-corrected chi connectivity index (χ2v) is 5.40. The molecule has 0 aromatic heterocycles. The molecule has 1 rings (SSSR count). The van der Waals surface area contributed by atoms with Crippen LogP contribution >= 0.6 is 11.6 Å². The average molecular weight is 315 g/mol. The quantitative estimate of drug-likeness (QED) is 0.476. The van der Waals surface area contributed by atoms with Gasteiger partial charge >= 0.3 is 0 Å². The number of benzene rings is 1. The van der Waals surface area contributed by atoms with Crippen LogP contribution in [0.4, 0.5) is 5.69 Å². The summed E-state index contributed by atoms with van der Waals surface area (Å²) in [5.41, 5.74) is 0.126. The minimum Gasteiger partial charge on any atom is -0.496 e. The van der Waals surface area contributed by atoms with Gasteiger partial charge in [-0.05, 0) is 18.4 Å². The van der Waals surface area contributed by atoms with Crippen molar-refractivity contribution >= 4 is 23.2 Å². The molecule has 0 radical (unpaired) electrons. The molecule has 0 aliphatic rings. The molecule has 0 saturated heterocycles. The zero-order valence-electron chi connectivity index (χ0n) is 12.3. The molecule has 1 atom stereocenters. The summed E-state index contributed by atoms with van der Waals surface area (Å²) in [7, 11) is 1.36. The summed E-state index contributed by atoms with van der Waals surface area (Å²) in [5, 5.41) is 13.5. The monoisotopic (exact) mass is 314 g/mol. The number of hydrogen-bond acceptors (Lipinski definition) is 4. The molecule has 0 bridgehead atoms. The van der Waals surface area contributed by atoms with E-state index in [0.29, 0.717) is 11.8 Å². The van der Waals surface area contributed by atoms with Gasteiger partial charge in [0, 0.05) is 18.0 Å². The van der Waals surface area contributed by atoms with E-state index in [9.17, 15) is 14.9 Å². The molecule has 1 aromatic carbocycles. The van der Waals surface area contributed by atoms with Crippen LogP contribution in [0.1, 0.15) is 30.6 Å². The van der Waals surface area contributed by atoms with Gasteiger partial charge in [-0.25, -0.2) is 0 Å². The van der Waals surface area contributed by atoms with Crippen LogP contribution < -0.4 is 10.1 Å². The van der Waals surface area contributed by atoms with Gasteiger partial charge < -0.3 is 10.1 Å². The van der Waals surface area contributed by atoms with Crippen LogP contribution in [-0.4, -0.2) is 29.9 Å². The molecule has 0 heterocycles. The van der Waals surface area contributed by atoms with Crippen LogP contribution in [0.25, 0.3) is 0 Å². The number of nitrogens with zero attached hydrogens (tertiary/aromatic N) is 1. The number of alkyl halides is 1. The van der Waals surface area contributed by atoms with Crippen LogP contribution in [0.5, 0.6) is 5.75 Å². The summed E-state index contributed by atoms with van der Waals surface area (Å²) in [5.74, 6) is 0.514. The largest absolute Gasteiger partial charge is 0.496 e. The van der Waals surface area contributed by atoms with Crippen LogP contribution in [0.3, 0.4) is 0 Å². The topological polar surface area (TPSA) is 81.5 Å². The first kappa shape index (κ1) is 17.2. The maximum absolute atomic E-state index is 12.2. The fourth-order valence-corrected chi connectivity index (χ4v) is 2.18. The molecule has 0 aliphatic heterocycles. The zero-order valence-corrected chi connectivity index (χ0v) is 13.0. The van der Waals surface area contributed by atoms with Gasteiger partial charge in [-0.15, -0.1) is 11.6 Å². The fraction of sp³-hybridized carbons (Fsp3) is 0.500. The molecular weight excluding hydrogens is 296 g/mol. The molecule has 0 aliphatic carbocycles. The maximum atomic E-state index is 12.2. The number of nitro groups is 1. The molecule has 1 amide bonds. The standard InChI is InChI=1S/C14H19ClN2O4/c1-9(2)6-10(8-15)16-14(18)12-5-4-11(17(19)20)7-13(12)21-3/h4-5,7,9-10H,6,8H2,1-3H3,(H,16,18). The second-order valence-electron chi connectivity index (χ2n) is 5.10. The van der Waals surface area contributed by atoms with Crippen molar-refractivity contribution in [2.75, 3.05) is 13.0 Å². The Balaban J connectivity index is 2.93. The first-order valence-corrected chi connectivity index (χ1v) is 7.11. The third-order valence-electron chi connectivity index (χ3n) is 2.92. The van der Waals surface area contributed by atoms with E-state index in [1.165, 1.54) is 25.3 Å². The number of nitro benzene ring substituents is 1. The number of methoxy groups -OCH3 is 1. The molecule has 1 N–H and O–H groups in total. The molecule has 6 nitrogen and oxygen atoms in total. The molecule has 1 aromatic rings. The van der Waals surface area contributed by atoms with Gasteiger partial charge in [0.05, 0.1) is 23.7 Å². The van der Waals surface area contributed by atoms with E-state index in [4.69, 9.17) is 16.3 Å². The minimum atomic E-state index is -0.537. The highest BCUT2D eigenvalue weighted by atomic mass is 35.5. The maximum Gasteiger partial charge on any atom is 0.273 e. The highest BCUT2D eigenvalue weighted by molar-refractivity contribution is 6.18. The number of ether oxygens (including phenoxy) is 1. The van der Waals surface area contributed by atoms with Crippen LogP contribution in [0, 0.1) is 16.0 Å². The first-order chi connectivity index (χ1) is 9.88. The predicted octanol–water partition coefficient (Wildman–Crippen LogP) is 2.99. The Morgan fingerprint density at radius 2 is 2.14 bits per heavy atom. The summed E-state index contributed by atoms with van der Waals surface area (Å²) >= 11 is 5.85. The number of halogens is 1. The lowest BCUT2D eigenvalue weighted by molar-refractivity contribution is -0.384. The molecule has 1 unspecified atom stereocenters. The highest BCUT2D eigenvalue weighted by Crippen LogP contribution is 2.24. The Hall–Kier alpha value is -1.82. The van der Waals surface area contributed by atoms with Crippen molar-refractivity contribution in [3.8, 4) is 5.75 Å². The van der Waals surface area contributed by atoms with Crippen molar-refractivity contribution in [3.05, 3.63) is 33.9 Å². The highest BCUT2D eigenvalue weighted by Gasteiger charge is 2.19. The molecular formula is C14H19ClN2O4. The number of rotatable bonds is 7. The number of amides is 1. The molecule has 21 heavy (non-hydrogen) atoms. The zero-order chi connectivity index (χ0) is 16.0. The number of nitrogens with one attached hydrogen (secondary N) is 1. The predicted molar refractivity (Wildman–Crippen MR) is 81.1 cm³/mol. The number of hydrogen-bond donors (Lipinski definition) is 1. The Morgan fingerprint density at radius 1 is 1.48 bits per heavy atom. The van der Waals surface area contributed by atoms with E-state index in [0.717, 1.165) is 6.42 Å². The molecule has 0 saturated carbocycles. The number of carbonyl (C=O) groups is 1. The Kier molecular flexibility index (Phi) is 6.42. The second kappa shape index (κ2) is 7.83. The fourth-order valence-electron chi connectivity index (χ4n) is 1.97. The third-order valence-corrected chi connectivity index (χ3v) is 3.29. The summed E-state index contributed by atoms with van der Waals surface area (Å²) < 4.78 is 5.06. The lowest BCUT2D eigenvalue weighted by atomic mass is 10.0. The van der Waals surface area contributed by atoms with Gasteiger partial charge in [-0.1, -0.05) is 13.8 Å². The molecule has 0 spiro atoms. The Labute approximate surface area is 128 Å². The summed E-state index contributed by atoms with van der Waals surface area (Å²) in [6.45, 7) is 4.08. The van der Waals surface area contributed by atoms with E-state index in [1.807, 2.05) is 13.8 Å². The van der Waals surface area contributed by atoms with Gasteiger partial charge in [0.15, 0.2) is 0 Å². The molecule has 0 fully saturated rings. The summed E-state index contributed by atoms with van der Waals surface area (Å²) in [4.78, 5) is 22.4. The van der Waals surface area contributed by atoms with Crippen molar-refractivity contribution in [2.45, 2.75) is 26.3 Å². The Morgan fingerprint density at radius 3 is 2.62 bits per heavy atom. The van der Waals surface area contributed by atoms with Crippen molar-refractivity contribution in [1.82, 2.24) is 5.32 Å². The van der Waals surface area contributed by atoms with E-state index in [2.05, 4.69) is 5.32 Å². The van der Waals surface area contributed by atoms with Gasteiger partial charge in [-0.2, -0.15) is 0 Å². The number of carbonyl (C=O) groups excluding carboxylic acids is 1. The van der Waals surface area contributed by atoms with Crippen molar-refractivity contribution in [1.29, 1.82) is 0 Å². The van der Waals surface area contributed by atoms with Gasteiger partial charge in [0.1, 0.15) is 5.75 Å². The summed E-state index contributed by atoms with van der Waals surface area (Å²) in [6.07, 6.45) is 0.755. The van der Waals surface area contributed by atoms with E-state index < -0.39 is 4.92 Å². The van der Waals surface area contributed by atoms with Crippen molar-refractivity contribution < 1.29 is 14.5 Å². The lowest BCUT2D eigenvalue weighted by Gasteiger charge is -2.18. The summed E-state index contributed by atoms with van der Waals surface area (Å²) in [6, 6.07) is 3.73.